The number of nitrogens with zero attached hydrogens (tertiary/aromatic N) is 4. The van der Waals surface area contributed by atoms with E-state index in [0.717, 1.165) is 38.7 Å². The molecule has 1 amide bonds. The van der Waals surface area contributed by atoms with Crippen LogP contribution in [0.5, 0.6) is 5.75 Å². The third-order valence-corrected chi connectivity index (χ3v) is 6.54. The topological polar surface area (TPSA) is 78.1 Å². The van der Waals surface area contributed by atoms with E-state index in [1.54, 1.807) is 40.0 Å². The van der Waals surface area contributed by atoms with Gasteiger partial charge in [0.1, 0.15) is 29.4 Å². The molecule has 5 rings (SSSR count). The van der Waals surface area contributed by atoms with Gasteiger partial charge >= 0.3 is 5.97 Å². The van der Waals surface area contributed by atoms with E-state index in [9.17, 15) is 9.59 Å². The Morgan fingerprint density at radius 1 is 0.949 bits per heavy atom. The first kappa shape index (κ1) is 26.0. The Balaban J connectivity index is 1.55. The number of rotatable bonds is 6. The van der Waals surface area contributed by atoms with Crippen LogP contribution in [0.2, 0.25) is 0 Å². The van der Waals surface area contributed by atoms with Gasteiger partial charge in [0.25, 0.3) is 5.91 Å². The van der Waals surface area contributed by atoms with Gasteiger partial charge < -0.3 is 18.6 Å². The highest BCUT2D eigenvalue weighted by molar-refractivity contribution is 6.20. The Labute approximate surface area is 227 Å². The first-order chi connectivity index (χ1) is 18.5. The molecule has 1 aliphatic heterocycles. The number of esters is 1. The average Bonchev–Trinajstić information content (AvgIpc) is 3.48. The van der Waals surface area contributed by atoms with Gasteiger partial charge in [-0.25, -0.2) is 4.99 Å². The van der Waals surface area contributed by atoms with Crippen molar-refractivity contribution in [1.29, 1.82) is 0 Å². The van der Waals surface area contributed by atoms with Gasteiger partial charge in [0.15, 0.2) is 0 Å². The van der Waals surface area contributed by atoms with Crippen LogP contribution in [-0.2, 0) is 28.4 Å². The van der Waals surface area contributed by atoms with Gasteiger partial charge in [-0.3, -0.25) is 14.5 Å². The number of hydrogen-bond donors (Lipinski definition) is 0. The van der Waals surface area contributed by atoms with Crippen LogP contribution in [0.15, 0.2) is 71.6 Å². The number of amidine groups is 1. The number of ether oxygens (including phenoxy) is 2. The summed E-state index contributed by atoms with van der Waals surface area (Å²) >= 11 is 0. The Kier molecular flexibility index (Phi) is 6.64. The molecule has 0 fully saturated rings. The monoisotopic (exact) mass is 524 g/mol. The number of carbonyl (C=O) groups is 2. The first-order valence-electron chi connectivity index (χ1n) is 12.7. The van der Waals surface area contributed by atoms with Crippen molar-refractivity contribution in [3.05, 3.63) is 77.8 Å². The molecule has 1 aliphatic rings. The van der Waals surface area contributed by atoms with Crippen LogP contribution in [0.25, 0.3) is 34.0 Å². The van der Waals surface area contributed by atoms with Crippen LogP contribution in [0, 0.1) is 0 Å². The minimum Gasteiger partial charge on any atom is -0.497 e. The third-order valence-electron chi connectivity index (χ3n) is 6.54. The molecule has 8 nitrogen and oxygen atoms in total. The normalized spacial score (nSPS) is 15.2. The molecule has 0 bridgehead atoms. The summed E-state index contributed by atoms with van der Waals surface area (Å²) in [5.74, 6) is 0.235. The molecule has 39 heavy (non-hydrogen) atoms. The van der Waals surface area contributed by atoms with Crippen molar-refractivity contribution in [3.63, 3.8) is 0 Å². The molecule has 0 spiro atoms. The van der Waals surface area contributed by atoms with Gasteiger partial charge in [-0.15, -0.1) is 0 Å². The average molecular weight is 525 g/mol. The van der Waals surface area contributed by atoms with Gasteiger partial charge in [0.05, 0.1) is 7.11 Å². The molecule has 8 heteroatoms. The summed E-state index contributed by atoms with van der Waals surface area (Å²) in [5.41, 5.74) is 3.48. The van der Waals surface area contributed by atoms with E-state index in [2.05, 4.69) is 21.7 Å². The Hall–Kier alpha value is -4.59. The molecular formula is C31H32N4O4. The van der Waals surface area contributed by atoms with Crippen LogP contribution >= 0.6 is 0 Å². The Bertz CT molecular complexity index is 1690. The molecule has 0 saturated heterocycles. The van der Waals surface area contributed by atoms with Crippen molar-refractivity contribution in [1.82, 2.24) is 14.0 Å². The second-order valence-corrected chi connectivity index (χ2v) is 10.6. The molecule has 0 aliphatic carbocycles. The van der Waals surface area contributed by atoms with Crippen LogP contribution in [0.4, 0.5) is 0 Å². The predicted octanol–water partition coefficient (Wildman–Crippen LogP) is 5.32. The minimum atomic E-state index is -0.670. The summed E-state index contributed by atoms with van der Waals surface area (Å²) < 4.78 is 15.0. The fraction of sp³-hybridized carbons (Fsp3) is 0.258. The number of amides is 1. The fourth-order valence-corrected chi connectivity index (χ4v) is 4.81. The second kappa shape index (κ2) is 9.94. The highest BCUT2D eigenvalue weighted by Gasteiger charge is 2.32. The zero-order valence-corrected chi connectivity index (χ0v) is 23.1. The highest BCUT2D eigenvalue weighted by atomic mass is 16.6. The molecule has 0 N–H and O–H groups in total. The molecule has 3 heterocycles. The predicted molar refractivity (Wildman–Crippen MR) is 154 cm³/mol. The van der Waals surface area contributed by atoms with Gasteiger partial charge in [-0.2, -0.15) is 0 Å². The Morgan fingerprint density at radius 3 is 2.36 bits per heavy atom. The fourth-order valence-electron chi connectivity index (χ4n) is 4.81. The maximum atomic E-state index is 13.6. The smallest absolute Gasteiger partial charge is 0.326 e. The summed E-state index contributed by atoms with van der Waals surface area (Å²) in [6.45, 7) is 5.15. The van der Waals surface area contributed by atoms with E-state index in [-0.39, 0.29) is 18.1 Å². The molecule has 200 valence electrons. The van der Waals surface area contributed by atoms with Crippen LogP contribution in [0.1, 0.15) is 31.9 Å². The van der Waals surface area contributed by atoms with Crippen molar-refractivity contribution >= 4 is 51.7 Å². The summed E-state index contributed by atoms with van der Waals surface area (Å²) in [6.07, 6.45) is 9.42. The molecule has 0 atom stereocenters. The van der Waals surface area contributed by atoms with Crippen molar-refractivity contribution < 1.29 is 19.1 Å². The summed E-state index contributed by atoms with van der Waals surface area (Å²) in [4.78, 5) is 32.4. The van der Waals surface area contributed by atoms with Gasteiger partial charge in [0, 0.05) is 59.4 Å². The maximum absolute atomic E-state index is 13.6. The zero-order valence-electron chi connectivity index (χ0n) is 23.1. The molecule has 0 radical (unpaired) electrons. The molecule has 2 aromatic carbocycles. The van der Waals surface area contributed by atoms with Crippen LogP contribution < -0.4 is 4.74 Å². The van der Waals surface area contributed by atoms with E-state index in [4.69, 9.17) is 9.47 Å². The van der Waals surface area contributed by atoms with E-state index < -0.39 is 11.6 Å². The number of aliphatic imine (C=N–C) groups is 1. The van der Waals surface area contributed by atoms with E-state index in [1.165, 1.54) is 4.90 Å². The van der Waals surface area contributed by atoms with E-state index in [0.29, 0.717) is 5.84 Å². The van der Waals surface area contributed by atoms with Crippen LogP contribution in [0.3, 0.4) is 0 Å². The lowest BCUT2D eigenvalue weighted by atomic mass is 10.1. The lowest BCUT2D eigenvalue weighted by molar-refractivity contribution is -0.156. The van der Waals surface area contributed by atoms with Gasteiger partial charge in [-0.05, 0) is 63.3 Å². The number of methoxy groups -OCH3 is 1. The number of fused-ring (bicyclic) bond motifs is 2. The number of hydrogen-bond acceptors (Lipinski definition) is 5. The van der Waals surface area contributed by atoms with Gasteiger partial charge in [-0.1, -0.05) is 18.2 Å². The summed E-state index contributed by atoms with van der Waals surface area (Å²) in [5, 5.41) is 2.02. The standard InChI is InChI=1S/C31H32N4O4/c1-31(2,3)39-29(36)19-35-28(14-11-20-17-33(4)26-10-8-7-9-23(20)26)32-25(30(35)37)15-21-18-34(5)27-13-12-22(38-6)16-24(21)27/h7-18H,19H2,1-6H3/b14-11+,25-15-. The van der Waals surface area contributed by atoms with Crippen molar-refractivity contribution in [3.8, 4) is 5.75 Å². The number of benzene rings is 2. The molecular weight excluding hydrogens is 492 g/mol. The van der Waals surface area contributed by atoms with E-state index in [1.807, 2.05) is 67.5 Å². The SMILES string of the molecule is COc1ccc2c(c1)c(/C=C1N=C(/C=C/c3cn(C)c4ccccc34)N(CC(=O)OC(C)(C)C)C\1=O)cn2C. The van der Waals surface area contributed by atoms with Gasteiger partial charge in [0.2, 0.25) is 0 Å². The highest BCUT2D eigenvalue weighted by Crippen LogP contribution is 2.29. The molecule has 0 saturated carbocycles. The first-order valence-corrected chi connectivity index (χ1v) is 12.7. The van der Waals surface area contributed by atoms with Crippen molar-refractivity contribution in [2.45, 2.75) is 26.4 Å². The van der Waals surface area contributed by atoms with Crippen LogP contribution in [-0.4, -0.2) is 51.0 Å². The van der Waals surface area contributed by atoms with Crippen molar-refractivity contribution in [2.24, 2.45) is 19.1 Å². The van der Waals surface area contributed by atoms with E-state index >= 15 is 0 Å². The lowest BCUT2D eigenvalue weighted by Gasteiger charge is -2.22. The lowest BCUT2D eigenvalue weighted by Crippen LogP contribution is -2.39. The quantitative estimate of drug-likeness (QED) is 0.253. The maximum Gasteiger partial charge on any atom is 0.326 e. The largest absolute Gasteiger partial charge is 0.497 e. The zero-order chi connectivity index (χ0) is 27.9. The molecule has 4 aromatic rings. The number of para-hydroxylation sites is 1. The summed E-state index contributed by atoms with van der Waals surface area (Å²) in [6, 6.07) is 13.9. The summed E-state index contributed by atoms with van der Waals surface area (Å²) in [7, 11) is 5.56. The minimum absolute atomic E-state index is 0.241. The number of aryl methyl sites for hydroxylation is 2. The molecule has 0 unspecified atom stereocenters. The van der Waals surface area contributed by atoms with Crippen molar-refractivity contribution in [2.75, 3.05) is 13.7 Å². The second-order valence-electron chi connectivity index (χ2n) is 10.6. The number of aromatic nitrogens is 2. The number of carbonyl (C=O) groups excluding carboxylic acids is 2. The Morgan fingerprint density at radius 2 is 1.64 bits per heavy atom. The molecule has 2 aromatic heterocycles. The third kappa shape index (κ3) is 5.23.